The highest BCUT2D eigenvalue weighted by molar-refractivity contribution is 5.91. The predicted molar refractivity (Wildman–Crippen MR) is 143 cm³/mol. The lowest BCUT2D eigenvalue weighted by atomic mass is 10.0. The summed E-state index contributed by atoms with van der Waals surface area (Å²) in [7, 11) is 1.46. The molecule has 0 amide bonds. The molecule has 0 spiro atoms. The van der Waals surface area contributed by atoms with Crippen LogP contribution in [-0.4, -0.2) is 24.7 Å². The van der Waals surface area contributed by atoms with Crippen molar-refractivity contribution in [3.8, 4) is 17.2 Å². The first kappa shape index (κ1) is 25.8. The van der Waals surface area contributed by atoms with Crippen LogP contribution >= 0.6 is 0 Å². The van der Waals surface area contributed by atoms with Gasteiger partial charge in [-0.15, -0.1) is 0 Å². The van der Waals surface area contributed by atoms with E-state index in [1.54, 1.807) is 6.08 Å². The van der Waals surface area contributed by atoms with Crippen molar-refractivity contribution in [1.29, 1.82) is 0 Å². The SMILES string of the molecule is CO/C(=C\c1cc(C)c(OCCc2nc(-c3ccccc3)oc2C)c(C)c1)C(=O)OCc1ccccc1. The van der Waals surface area contributed by atoms with Gasteiger partial charge < -0.3 is 18.6 Å². The van der Waals surface area contributed by atoms with Crippen LogP contribution in [0.4, 0.5) is 0 Å². The zero-order chi connectivity index (χ0) is 26.2. The third-order valence-corrected chi connectivity index (χ3v) is 5.91. The minimum Gasteiger partial charge on any atom is -0.493 e. The molecule has 0 atom stereocenters. The first-order valence-electron chi connectivity index (χ1n) is 12.2. The highest BCUT2D eigenvalue weighted by Crippen LogP contribution is 2.27. The van der Waals surface area contributed by atoms with Gasteiger partial charge in [0.1, 0.15) is 18.1 Å². The maximum Gasteiger partial charge on any atom is 0.373 e. The lowest BCUT2D eigenvalue weighted by Gasteiger charge is -2.13. The number of oxazole rings is 1. The summed E-state index contributed by atoms with van der Waals surface area (Å²) in [5.74, 6) is 1.85. The third-order valence-electron chi connectivity index (χ3n) is 5.91. The van der Waals surface area contributed by atoms with Gasteiger partial charge in [0.25, 0.3) is 0 Å². The molecule has 0 saturated heterocycles. The number of hydrogen-bond acceptors (Lipinski definition) is 6. The Morgan fingerprint density at radius 1 is 0.946 bits per heavy atom. The van der Waals surface area contributed by atoms with Gasteiger partial charge in [0, 0.05) is 12.0 Å². The number of rotatable bonds is 10. The van der Waals surface area contributed by atoms with Gasteiger partial charge in [0.15, 0.2) is 0 Å². The summed E-state index contributed by atoms with van der Waals surface area (Å²) in [5.41, 5.74) is 5.50. The fraction of sp³-hybridized carbons (Fsp3) is 0.226. The van der Waals surface area contributed by atoms with Gasteiger partial charge in [-0.2, -0.15) is 0 Å². The number of aryl methyl sites for hydroxylation is 3. The van der Waals surface area contributed by atoms with E-state index < -0.39 is 5.97 Å². The van der Waals surface area contributed by atoms with Crippen molar-refractivity contribution in [1.82, 2.24) is 4.98 Å². The van der Waals surface area contributed by atoms with Gasteiger partial charge in [-0.05, 0) is 73.4 Å². The van der Waals surface area contributed by atoms with E-state index in [4.69, 9.17) is 18.6 Å². The minimum atomic E-state index is -0.514. The zero-order valence-electron chi connectivity index (χ0n) is 21.6. The van der Waals surface area contributed by atoms with Crippen molar-refractivity contribution >= 4 is 12.0 Å². The normalized spacial score (nSPS) is 11.3. The Bertz CT molecular complexity index is 1350. The van der Waals surface area contributed by atoms with Crippen molar-refractivity contribution < 1.29 is 23.4 Å². The van der Waals surface area contributed by atoms with Gasteiger partial charge in [-0.3, -0.25) is 0 Å². The molecule has 0 aliphatic carbocycles. The number of esters is 1. The number of methoxy groups -OCH3 is 1. The monoisotopic (exact) mass is 497 g/mol. The first-order chi connectivity index (χ1) is 17.9. The quantitative estimate of drug-likeness (QED) is 0.139. The fourth-order valence-corrected chi connectivity index (χ4v) is 4.06. The molecule has 0 aliphatic rings. The van der Waals surface area contributed by atoms with Crippen molar-refractivity contribution in [2.45, 2.75) is 33.8 Å². The molecule has 3 aromatic carbocycles. The third kappa shape index (κ3) is 6.67. The smallest absolute Gasteiger partial charge is 0.373 e. The summed E-state index contributed by atoms with van der Waals surface area (Å²) < 4.78 is 22.7. The van der Waals surface area contributed by atoms with Crippen molar-refractivity contribution in [2.75, 3.05) is 13.7 Å². The summed E-state index contributed by atoms with van der Waals surface area (Å²) in [5, 5.41) is 0. The Labute approximate surface area is 217 Å². The number of carbonyl (C=O) groups excluding carboxylic acids is 1. The molecule has 0 N–H and O–H groups in total. The van der Waals surface area contributed by atoms with Crippen LogP contribution in [0.15, 0.2) is 83.0 Å². The van der Waals surface area contributed by atoms with Gasteiger partial charge in [-0.25, -0.2) is 9.78 Å². The molecule has 4 aromatic rings. The second-order valence-electron chi connectivity index (χ2n) is 8.74. The number of nitrogens with zero attached hydrogens (tertiary/aromatic N) is 1. The average molecular weight is 498 g/mol. The Balaban J connectivity index is 1.39. The van der Waals surface area contributed by atoms with Crippen LogP contribution in [0.1, 0.15) is 33.7 Å². The lowest BCUT2D eigenvalue weighted by Crippen LogP contribution is -2.09. The molecule has 1 heterocycles. The topological polar surface area (TPSA) is 70.8 Å². The van der Waals surface area contributed by atoms with Crippen LogP contribution in [0.2, 0.25) is 0 Å². The van der Waals surface area contributed by atoms with Crippen LogP contribution in [0.5, 0.6) is 5.75 Å². The molecule has 6 heteroatoms. The van der Waals surface area contributed by atoms with Gasteiger partial charge in [0.2, 0.25) is 11.6 Å². The lowest BCUT2D eigenvalue weighted by molar-refractivity contribution is -0.143. The summed E-state index contributed by atoms with van der Waals surface area (Å²) in [6, 6.07) is 23.3. The molecular weight excluding hydrogens is 466 g/mol. The Hall–Kier alpha value is -4.32. The summed E-state index contributed by atoms with van der Waals surface area (Å²) in [4.78, 5) is 17.2. The predicted octanol–water partition coefficient (Wildman–Crippen LogP) is 6.62. The van der Waals surface area contributed by atoms with Crippen LogP contribution in [-0.2, 0) is 27.3 Å². The number of benzene rings is 3. The molecule has 1 aromatic heterocycles. The molecule has 0 bridgehead atoms. The second kappa shape index (κ2) is 12.1. The highest BCUT2D eigenvalue weighted by atomic mass is 16.6. The maximum atomic E-state index is 12.5. The number of ether oxygens (including phenoxy) is 3. The highest BCUT2D eigenvalue weighted by Gasteiger charge is 2.15. The summed E-state index contributed by atoms with van der Waals surface area (Å²) in [6.07, 6.45) is 2.31. The first-order valence-corrected chi connectivity index (χ1v) is 12.2. The molecular formula is C31H31NO5. The van der Waals surface area contributed by atoms with E-state index in [0.29, 0.717) is 18.9 Å². The van der Waals surface area contributed by atoms with Gasteiger partial charge in [-0.1, -0.05) is 48.5 Å². The van der Waals surface area contributed by atoms with E-state index >= 15 is 0 Å². The Kier molecular flexibility index (Phi) is 8.41. The standard InChI is InChI=1S/C31H31NO5/c1-21-17-25(19-28(34-4)31(33)36-20-24-11-7-5-8-12-24)18-22(2)29(21)35-16-15-27-23(3)37-30(32-27)26-13-9-6-10-14-26/h5-14,17-19H,15-16,20H2,1-4H3/b28-19-. The number of carbonyl (C=O) groups is 1. The molecule has 37 heavy (non-hydrogen) atoms. The van der Waals surface area contributed by atoms with E-state index in [2.05, 4.69) is 4.98 Å². The second-order valence-corrected chi connectivity index (χ2v) is 8.74. The Morgan fingerprint density at radius 3 is 2.24 bits per heavy atom. The van der Waals surface area contributed by atoms with E-state index in [1.807, 2.05) is 93.6 Å². The van der Waals surface area contributed by atoms with E-state index in [0.717, 1.165) is 45.0 Å². The van der Waals surface area contributed by atoms with Crippen molar-refractivity contribution in [3.63, 3.8) is 0 Å². The molecule has 0 aliphatic heterocycles. The van der Waals surface area contributed by atoms with E-state index in [9.17, 15) is 4.79 Å². The molecule has 6 nitrogen and oxygen atoms in total. The van der Waals surface area contributed by atoms with Crippen molar-refractivity contribution in [2.24, 2.45) is 0 Å². The molecule has 4 rings (SSSR count). The molecule has 190 valence electrons. The number of aromatic nitrogens is 1. The largest absolute Gasteiger partial charge is 0.493 e. The van der Waals surface area contributed by atoms with Crippen LogP contribution in [0.25, 0.3) is 17.5 Å². The van der Waals surface area contributed by atoms with Crippen LogP contribution in [0.3, 0.4) is 0 Å². The fourth-order valence-electron chi connectivity index (χ4n) is 4.06. The van der Waals surface area contributed by atoms with Crippen molar-refractivity contribution in [3.05, 3.63) is 112 Å². The Morgan fingerprint density at radius 2 is 1.59 bits per heavy atom. The molecule has 0 radical (unpaired) electrons. The molecule has 0 unspecified atom stereocenters. The van der Waals surface area contributed by atoms with Crippen LogP contribution < -0.4 is 4.74 Å². The van der Waals surface area contributed by atoms with Gasteiger partial charge in [0.05, 0.1) is 19.4 Å². The van der Waals surface area contributed by atoms with Crippen LogP contribution in [0, 0.1) is 20.8 Å². The summed E-state index contributed by atoms with van der Waals surface area (Å²) in [6.45, 7) is 6.53. The maximum absolute atomic E-state index is 12.5. The molecule has 0 fully saturated rings. The average Bonchev–Trinajstić information content (AvgIpc) is 3.28. The minimum absolute atomic E-state index is 0.138. The van der Waals surface area contributed by atoms with E-state index in [1.165, 1.54) is 7.11 Å². The summed E-state index contributed by atoms with van der Waals surface area (Å²) >= 11 is 0. The molecule has 0 saturated carbocycles. The zero-order valence-corrected chi connectivity index (χ0v) is 21.6. The number of hydrogen-bond donors (Lipinski definition) is 0. The van der Waals surface area contributed by atoms with E-state index in [-0.39, 0.29) is 12.4 Å². The van der Waals surface area contributed by atoms with Gasteiger partial charge >= 0.3 is 5.97 Å².